The van der Waals surface area contributed by atoms with Crippen molar-refractivity contribution in [3.05, 3.63) is 0 Å². The van der Waals surface area contributed by atoms with Crippen molar-refractivity contribution in [2.45, 2.75) is 85.4 Å². The van der Waals surface area contributed by atoms with Crippen molar-refractivity contribution in [3.8, 4) is 0 Å². The second-order valence-corrected chi connectivity index (χ2v) is 38.5. The van der Waals surface area contributed by atoms with E-state index in [0.29, 0.717) is 0 Å². The maximum atomic E-state index is 11.9. The minimum absolute atomic E-state index is 0.132. The zero-order valence-corrected chi connectivity index (χ0v) is 13.9. The first-order chi connectivity index (χ1) is 10.4. The zero-order chi connectivity index (χ0) is 13.4. The Labute approximate surface area is 120 Å². The summed E-state index contributed by atoms with van der Waals surface area (Å²) in [5, 5.41) is 11.9. The van der Waals surface area contributed by atoms with Gasteiger partial charge in [0.2, 0.25) is 0 Å². The Hall–Kier alpha value is 0.479. The van der Waals surface area contributed by atoms with Crippen LogP contribution in [0.4, 0.5) is 0 Å². The molecule has 1 nitrogen and oxygen atoms in total. The number of fused-ring (bicyclic) bond motifs is 11. The summed E-state index contributed by atoms with van der Waals surface area (Å²) in [7, 11) is 0. The Kier molecular flexibility index (Phi) is 0.347. The molecule has 0 aromatic heterocycles. The summed E-state index contributed by atoms with van der Waals surface area (Å²) in [4.78, 5) is 13.0. The van der Waals surface area contributed by atoms with E-state index in [2.05, 4.69) is 0 Å². The third-order valence-corrected chi connectivity index (χ3v) is 62.2. The minimum atomic E-state index is -3.00. The maximum absolute atomic E-state index is 11.9. The van der Waals surface area contributed by atoms with E-state index in [-0.39, 0.29) is 5.60 Å². The van der Waals surface area contributed by atoms with Crippen molar-refractivity contribution in [1.82, 2.24) is 0 Å². The molecule has 4 bridgehead atoms. The van der Waals surface area contributed by atoms with Crippen LogP contribution in [0.15, 0.2) is 0 Å². The molecule has 10 saturated heterocycles. The fourth-order valence-corrected chi connectivity index (χ4v) is 97.3. The van der Waals surface area contributed by atoms with Crippen LogP contribution in [0.5, 0.6) is 0 Å². The van der Waals surface area contributed by atoms with E-state index >= 15 is 0 Å². The molecule has 14 aliphatic rings. The van der Waals surface area contributed by atoms with Crippen LogP contribution in [-0.2, 0) is 6.51 Å². The summed E-state index contributed by atoms with van der Waals surface area (Å²) in [5.41, 5.74) is -0.132. The van der Waals surface area contributed by atoms with Crippen LogP contribution in [-0.4, -0.2) is 10.7 Å². The molecule has 14 fully saturated rings. The van der Waals surface area contributed by atoms with Gasteiger partial charge in [-0.2, -0.15) is 0 Å². The summed E-state index contributed by atoms with van der Waals surface area (Å²) in [6, 6.07) is 0. The second-order valence-electron chi connectivity index (χ2n) is 14.9. The zero-order valence-electron chi connectivity index (χ0n) is 12.8. The summed E-state index contributed by atoms with van der Waals surface area (Å²) in [6.45, 7) is -3.00. The molecule has 0 amide bonds. The molecule has 0 radical (unpaired) electrons. The molecule has 7 unspecified atom stereocenters. The third-order valence-electron chi connectivity index (χ3n) is 19.5. The van der Waals surface area contributed by atoms with Crippen molar-refractivity contribution in [2.75, 3.05) is 0 Å². The van der Waals surface area contributed by atoms with Crippen LogP contribution in [0.3, 0.4) is 0 Å². The molecule has 1 N–H and O–H groups in total. The standard InChI is InChI=1S/C15H19O.C5H5.Fe/c16-15-8-10-5-11(9-15)7-13(6-10)14(15)12-3-1-2-4-12;1-2-4-5-3-1;/h1-4,10-11,13-14,16H,5-9H2;1-5H;. The summed E-state index contributed by atoms with van der Waals surface area (Å²) < 4.78 is 0.978. The van der Waals surface area contributed by atoms with Gasteiger partial charge in [-0.3, -0.25) is 0 Å². The molecule has 1 spiro atoms. The number of hydrogen-bond acceptors (Lipinski definition) is 1. The Balaban J connectivity index is 1.27. The van der Waals surface area contributed by atoms with Gasteiger partial charge in [-0.15, -0.1) is 0 Å². The van der Waals surface area contributed by atoms with Gasteiger partial charge in [0, 0.05) is 0 Å². The van der Waals surface area contributed by atoms with Crippen LogP contribution < -0.4 is 0 Å². The Bertz CT molecular complexity index is 1100. The van der Waals surface area contributed by atoms with Gasteiger partial charge in [0.15, 0.2) is 0 Å². The molecule has 118 valence electrons. The average Bonchev–Trinajstić information content (AvgIpc) is 3.40. The molecule has 7 atom stereocenters. The fraction of sp³-hybridized carbons (Fsp3) is 1.00. The monoisotopic (exact) mass is 336 g/mol. The van der Waals surface area contributed by atoms with Crippen molar-refractivity contribution in [2.24, 2.45) is 23.7 Å². The molecular formula is C20H24FeO. The van der Waals surface area contributed by atoms with E-state index in [1.165, 1.54) is 62.6 Å². The molecule has 0 aromatic carbocycles. The normalized spacial score (nSPS) is 123. The van der Waals surface area contributed by atoms with Crippen molar-refractivity contribution >= 4 is 0 Å². The van der Waals surface area contributed by atoms with E-state index in [1.54, 1.807) is 12.8 Å². The van der Waals surface area contributed by atoms with Crippen LogP contribution >= 0.6 is 0 Å². The average molecular weight is 336 g/mol. The number of hydrogen-bond donors (Lipinski definition) is 1. The topological polar surface area (TPSA) is 20.2 Å². The molecule has 10 heterocycles. The fourth-order valence-electron chi connectivity index (χ4n) is 22.0. The van der Waals surface area contributed by atoms with Gasteiger partial charge in [0.05, 0.1) is 0 Å². The molecule has 14 rings (SSSR count). The van der Waals surface area contributed by atoms with Crippen LogP contribution in [0.2, 0.25) is 47.7 Å². The molecule has 22 heavy (non-hydrogen) atoms. The van der Waals surface area contributed by atoms with Gasteiger partial charge >= 0.3 is 121 Å². The summed E-state index contributed by atoms with van der Waals surface area (Å²) in [5.74, 6) is 3.77. The van der Waals surface area contributed by atoms with E-state index in [0.717, 1.165) is 28.0 Å². The van der Waals surface area contributed by atoms with Crippen LogP contribution in [0.25, 0.3) is 0 Å². The Morgan fingerprint density at radius 3 is 1.64 bits per heavy atom. The van der Waals surface area contributed by atoms with Crippen molar-refractivity contribution in [3.63, 3.8) is 0 Å². The molecule has 10 aliphatic heterocycles. The Morgan fingerprint density at radius 1 is 0.727 bits per heavy atom. The number of rotatable bonds is 1. The first-order valence-electron chi connectivity index (χ1n) is 10.4. The molecule has 0 aromatic rings. The predicted molar refractivity (Wildman–Crippen MR) is 78.4 cm³/mol. The Morgan fingerprint density at radius 2 is 1.27 bits per heavy atom. The van der Waals surface area contributed by atoms with E-state index in [1.807, 2.05) is 0 Å². The first-order valence-corrected chi connectivity index (χ1v) is 16.7. The third kappa shape index (κ3) is 0.123. The molecule has 4 saturated carbocycles. The van der Waals surface area contributed by atoms with Crippen LogP contribution in [0, 0.1) is 23.7 Å². The predicted octanol–water partition coefficient (Wildman–Crippen LogP) is 4.93. The first kappa shape index (κ1) is 8.72. The van der Waals surface area contributed by atoms with E-state index in [4.69, 9.17) is 0 Å². The van der Waals surface area contributed by atoms with Gasteiger partial charge in [0.1, 0.15) is 0 Å². The van der Waals surface area contributed by atoms with E-state index in [9.17, 15) is 5.11 Å². The molecule has 4 aliphatic carbocycles. The van der Waals surface area contributed by atoms with Gasteiger partial charge in [-0.05, 0) is 0 Å². The van der Waals surface area contributed by atoms with Gasteiger partial charge in [-0.25, -0.2) is 0 Å². The van der Waals surface area contributed by atoms with Crippen LogP contribution in [0.1, 0.15) is 32.1 Å². The van der Waals surface area contributed by atoms with Crippen molar-refractivity contribution in [1.29, 1.82) is 0 Å². The van der Waals surface area contributed by atoms with Gasteiger partial charge in [-0.1, -0.05) is 0 Å². The SMILES string of the molecule is OC12CC3CC(CC(C3)C1[C]13[CH]4[CH]5[CH]6[CH]1[Fe]56431789[CH]3[CH]1[CH]7[CH]8[CH]39)C2. The summed E-state index contributed by atoms with van der Waals surface area (Å²) in [6.07, 6.45) is 7.11. The second kappa shape index (κ2) is 0.875. The van der Waals surface area contributed by atoms with Crippen molar-refractivity contribution < 1.29 is 11.6 Å². The van der Waals surface area contributed by atoms with E-state index < -0.39 is 6.51 Å². The number of aliphatic hydroxyl groups is 1. The molecular weight excluding hydrogens is 312 g/mol. The van der Waals surface area contributed by atoms with Gasteiger partial charge < -0.3 is 0 Å². The quantitative estimate of drug-likeness (QED) is 0.673. The van der Waals surface area contributed by atoms with Gasteiger partial charge in [0.25, 0.3) is 0 Å². The molecule has 2 heteroatoms. The summed E-state index contributed by atoms with van der Waals surface area (Å²) >= 11 is 0.